The van der Waals surface area contributed by atoms with Gasteiger partial charge in [0.1, 0.15) is 5.78 Å². The summed E-state index contributed by atoms with van der Waals surface area (Å²) in [6.07, 6.45) is 14.7. The molecule has 0 N–H and O–H groups in total. The predicted octanol–water partition coefficient (Wildman–Crippen LogP) is 4.99. The molecule has 19 heavy (non-hydrogen) atoms. The largest absolute Gasteiger partial charge is 0.299 e. The molecule has 0 aromatic heterocycles. The Balaban J connectivity index is 1.57. The number of rotatable bonds is 5. The van der Waals surface area contributed by atoms with Gasteiger partial charge in [-0.3, -0.25) is 4.79 Å². The molecule has 0 saturated heterocycles. The Hall–Kier alpha value is -0.330. The third kappa shape index (κ3) is 2.90. The topological polar surface area (TPSA) is 17.1 Å². The minimum atomic E-state index is 0.468. The molecule has 0 amide bonds. The number of Topliss-reactive ketones (excluding diaryl/α,β-unsaturated/α-hetero) is 1. The van der Waals surface area contributed by atoms with Crippen molar-refractivity contribution in [2.75, 3.05) is 0 Å². The van der Waals surface area contributed by atoms with Crippen LogP contribution in [0, 0.1) is 29.6 Å². The summed E-state index contributed by atoms with van der Waals surface area (Å²) >= 11 is 0. The first-order valence-corrected chi connectivity index (χ1v) is 8.85. The molecule has 5 atom stereocenters. The van der Waals surface area contributed by atoms with Gasteiger partial charge in [0.05, 0.1) is 0 Å². The molecule has 3 fully saturated rings. The molecule has 108 valence electrons. The summed E-state index contributed by atoms with van der Waals surface area (Å²) in [6.45, 7) is 2.26. The van der Waals surface area contributed by atoms with Crippen molar-refractivity contribution >= 4 is 5.78 Å². The van der Waals surface area contributed by atoms with Gasteiger partial charge in [-0.1, -0.05) is 51.9 Å². The lowest BCUT2D eigenvalue weighted by Gasteiger charge is -2.40. The standard InChI is InChI=1S/C18H30O/c1-2-3-7-14-12-17(14)18(19)16-11-6-9-13-8-4-5-10-15(13)16/h13-17H,2-12H2,1H3. The van der Waals surface area contributed by atoms with Crippen LogP contribution in [0.1, 0.15) is 77.6 Å². The van der Waals surface area contributed by atoms with Crippen LogP contribution in [-0.4, -0.2) is 5.78 Å². The zero-order chi connectivity index (χ0) is 13.2. The summed E-state index contributed by atoms with van der Waals surface area (Å²) in [5.41, 5.74) is 0. The van der Waals surface area contributed by atoms with Crippen LogP contribution in [0.2, 0.25) is 0 Å². The van der Waals surface area contributed by atoms with Crippen molar-refractivity contribution in [2.45, 2.75) is 77.6 Å². The summed E-state index contributed by atoms with van der Waals surface area (Å²) in [4.78, 5) is 12.8. The van der Waals surface area contributed by atoms with Gasteiger partial charge in [0.25, 0.3) is 0 Å². The second-order valence-electron chi connectivity index (χ2n) is 7.39. The first-order chi connectivity index (χ1) is 9.31. The van der Waals surface area contributed by atoms with E-state index < -0.39 is 0 Å². The van der Waals surface area contributed by atoms with Crippen molar-refractivity contribution in [3.05, 3.63) is 0 Å². The Kier molecular flexibility index (Phi) is 4.29. The van der Waals surface area contributed by atoms with E-state index in [1.165, 1.54) is 70.6 Å². The molecule has 3 rings (SSSR count). The van der Waals surface area contributed by atoms with E-state index in [2.05, 4.69) is 6.92 Å². The predicted molar refractivity (Wildman–Crippen MR) is 78.9 cm³/mol. The fraction of sp³-hybridized carbons (Fsp3) is 0.944. The van der Waals surface area contributed by atoms with Gasteiger partial charge in [-0.2, -0.15) is 0 Å². The smallest absolute Gasteiger partial charge is 0.139 e. The van der Waals surface area contributed by atoms with E-state index in [0.717, 1.165) is 17.8 Å². The van der Waals surface area contributed by atoms with Gasteiger partial charge in [-0.05, 0) is 43.4 Å². The molecule has 3 aliphatic carbocycles. The van der Waals surface area contributed by atoms with Crippen LogP contribution in [0.15, 0.2) is 0 Å². The molecule has 0 aromatic rings. The Labute approximate surface area is 118 Å². The normalized spacial score (nSPS) is 41.6. The molecule has 0 aromatic carbocycles. The lowest BCUT2D eigenvalue weighted by molar-refractivity contribution is -0.129. The van der Waals surface area contributed by atoms with Gasteiger partial charge in [-0.25, -0.2) is 0 Å². The highest BCUT2D eigenvalue weighted by atomic mass is 16.1. The third-order valence-corrected chi connectivity index (χ3v) is 6.16. The molecule has 1 heteroatoms. The van der Waals surface area contributed by atoms with Gasteiger partial charge in [0, 0.05) is 11.8 Å². The number of carbonyl (C=O) groups excluding carboxylic acids is 1. The van der Waals surface area contributed by atoms with Crippen LogP contribution in [0.25, 0.3) is 0 Å². The maximum Gasteiger partial charge on any atom is 0.139 e. The van der Waals surface area contributed by atoms with Crippen LogP contribution in [0.3, 0.4) is 0 Å². The van der Waals surface area contributed by atoms with Crippen molar-refractivity contribution in [3.63, 3.8) is 0 Å². The van der Waals surface area contributed by atoms with Crippen LogP contribution in [0.4, 0.5) is 0 Å². The lowest BCUT2D eigenvalue weighted by Crippen LogP contribution is -2.36. The molecule has 3 aliphatic rings. The maximum atomic E-state index is 12.8. The second-order valence-corrected chi connectivity index (χ2v) is 7.39. The van der Waals surface area contributed by atoms with E-state index in [9.17, 15) is 4.79 Å². The maximum absolute atomic E-state index is 12.8. The molecular weight excluding hydrogens is 232 g/mol. The molecule has 0 radical (unpaired) electrons. The number of hydrogen-bond acceptors (Lipinski definition) is 1. The number of carbonyl (C=O) groups is 1. The first kappa shape index (κ1) is 13.6. The molecule has 5 unspecified atom stereocenters. The van der Waals surface area contributed by atoms with Crippen molar-refractivity contribution in [1.29, 1.82) is 0 Å². The Morgan fingerprint density at radius 3 is 2.63 bits per heavy atom. The summed E-state index contributed by atoms with van der Waals surface area (Å²) in [5, 5.41) is 0. The van der Waals surface area contributed by atoms with Crippen LogP contribution >= 0.6 is 0 Å². The quantitative estimate of drug-likeness (QED) is 0.682. The molecule has 0 heterocycles. The van der Waals surface area contributed by atoms with Gasteiger partial charge in [0.2, 0.25) is 0 Å². The van der Waals surface area contributed by atoms with Crippen molar-refractivity contribution in [1.82, 2.24) is 0 Å². The summed E-state index contributed by atoms with van der Waals surface area (Å²) < 4.78 is 0. The Bertz CT molecular complexity index is 320. The molecular formula is C18H30O. The fourth-order valence-corrected chi connectivity index (χ4v) is 4.95. The minimum absolute atomic E-state index is 0.468. The first-order valence-electron chi connectivity index (χ1n) is 8.85. The van der Waals surface area contributed by atoms with Gasteiger partial charge in [-0.15, -0.1) is 0 Å². The summed E-state index contributed by atoms with van der Waals surface area (Å²) in [6, 6.07) is 0. The fourth-order valence-electron chi connectivity index (χ4n) is 4.95. The van der Waals surface area contributed by atoms with Crippen LogP contribution in [-0.2, 0) is 4.79 Å². The average molecular weight is 262 g/mol. The molecule has 0 bridgehead atoms. The second kappa shape index (κ2) is 5.97. The Morgan fingerprint density at radius 1 is 1.00 bits per heavy atom. The average Bonchev–Trinajstić information content (AvgIpc) is 3.23. The van der Waals surface area contributed by atoms with Gasteiger partial charge < -0.3 is 0 Å². The monoisotopic (exact) mass is 262 g/mol. The zero-order valence-electron chi connectivity index (χ0n) is 12.6. The molecule has 1 nitrogen and oxygen atoms in total. The van der Waals surface area contributed by atoms with E-state index in [-0.39, 0.29) is 0 Å². The van der Waals surface area contributed by atoms with E-state index in [0.29, 0.717) is 17.6 Å². The summed E-state index contributed by atoms with van der Waals surface area (Å²) in [7, 11) is 0. The zero-order valence-corrected chi connectivity index (χ0v) is 12.6. The summed E-state index contributed by atoms with van der Waals surface area (Å²) in [5.74, 6) is 4.11. The molecule has 0 aliphatic heterocycles. The molecule has 3 saturated carbocycles. The van der Waals surface area contributed by atoms with Crippen LogP contribution in [0.5, 0.6) is 0 Å². The third-order valence-electron chi connectivity index (χ3n) is 6.16. The Morgan fingerprint density at radius 2 is 1.79 bits per heavy atom. The highest BCUT2D eigenvalue weighted by molar-refractivity contribution is 5.86. The number of fused-ring (bicyclic) bond motifs is 1. The van der Waals surface area contributed by atoms with E-state index in [1.807, 2.05) is 0 Å². The molecule has 0 spiro atoms. The van der Waals surface area contributed by atoms with Crippen molar-refractivity contribution < 1.29 is 4.79 Å². The van der Waals surface area contributed by atoms with E-state index in [1.54, 1.807) is 0 Å². The number of unbranched alkanes of at least 4 members (excludes halogenated alkanes) is 1. The highest BCUT2D eigenvalue weighted by Crippen LogP contribution is 2.50. The van der Waals surface area contributed by atoms with Crippen LogP contribution < -0.4 is 0 Å². The van der Waals surface area contributed by atoms with Gasteiger partial charge >= 0.3 is 0 Å². The van der Waals surface area contributed by atoms with Crippen molar-refractivity contribution in [3.8, 4) is 0 Å². The number of hydrogen-bond donors (Lipinski definition) is 0. The highest BCUT2D eigenvalue weighted by Gasteiger charge is 2.48. The van der Waals surface area contributed by atoms with Crippen molar-refractivity contribution in [2.24, 2.45) is 29.6 Å². The number of ketones is 1. The van der Waals surface area contributed by atoms with E-state index >= 15 is 0 Å². The lowest BCUT2D eigenvalue weighted by atomic mass is 9.64. The minimum Gasteiger partial charge on any atom is -0.299 e. The van der Waals surface area contributed by atoms with Gasteiger partial charge in [0.15, 0.2) is 0 Å². The van der Waals surface area contributed by atoms with E-state index in [4.69, 9.17) is 0 Å². The SMILES string of the molecule is CCCCC1CC1C(=O)C1CCCC2CCCCC21.